The Balaban J connectivity index is 1.85. The summed E-state index contributed by atoms with van der Waals surface area (Å²) in [5.74, 6) is 0.0471. The molecule has 160 valence electrons. The number of nitrogens with zero attached hydrogens (tertiary/aromatic N) is 1. The highest BCUT2D eigenvalue weighted by Gasteiger charge is 2.37. The Labute approximate surface area is 182 Å². The Morgan fingerprint density at radius 1 is 1.20 bits per heavy atom. The first kappa shape index (κ1) is 22.7. The lowest BCUT2D eigenvalue weighted by Gasteiger charge is -2.10. The molecule has 2 aromatic carbocycles. The van der Waals surface area contributed by atoms with Crippen LogP contribution in [-0.4, -0.2) is 14.7 Å². The first-order chi connectivity index (χ1) is 14.0. The van der Waals surface area contributed by atoms with Crippen molar-refractivity contribution in [2.24, 2.45) is 5.92 Å². The lowest BCUT2D eigenvalue weighted by atomic mass is 10.0. The van der Waals surface area contributed by atoms with Gasteiger partial charge in [-0.05, 0) is 54.3 Å². The van der Waals surface area contributed by atoms with Crippen molar-refractivity contribution < 1.29 is 21.8 Å². The highest BCUT2D eigenvalue weighted by Crippen LogP contribution is 2.35. The van der Waals surface area contributed by atoms with Crippen LogP contribution in [0.3, 0.4) is 0 Å². The first-order valence-corrected chi connectivity index (χ1v) is 11.2. The first-order valence-electron chi connectivity index (χ1n) is 8.84. The molecule has 0 aliphatic rings. The molecule has 3 rings (SSSR count). The van der Waals surface area contributed by atoms with Gasteiger partial charge in [-0.25, -0.2) is 13.6 Å². The molecule has 3 nitrogen and oxygen atoms in total. The average Bonchev–Trinajstić information content (AvgIpc) is 3.12. The van der Waals surface area contributed by atoms with Gasteiger partial charge in [-0.2, -0.15) is 13.2 Å². The average molecular weight is 477 g/mol. The zero-order valence-electron chi connectivity index (χ0n) is 15.9. The van der Waals surface area contributed by atoms with Crippen LogP contribution in [0.4, 0.5) is 23.2 Å². The van der Waals surface area contributed by atoms with Gasteiger partial charge in [0.2, 0.25) is 11.0 Å². The van der Waals surface area contributed by atoms with Crippen molar-refractivity contribution in [3.63, 3.8) is 0 Å². The maximum Gasteiger partial charge on any atom is 0.490 e. The van der Waals surface area contributed by atoms with Crippen LogP contribution >= 0.6 is 22.9 Å². The van der Waals surface area contributed by atoms with Gasteiger partial charge in [0.1, 0.15) is 10.8 Å². The maximum absolute atomic E-state index is 14.0. The molecule has 0 aliphatic heterocycles. The largest absolute Gasteiger partial charge is 0.490 e. The summed E-state index contributed by atoms with van der Waals surface area (Å²) in [7, 11) is -3.23. The van der Waals surface area contributed by atoms with Gasteiger partial charge in [0.15, 0.2) is 0 Å². The minimum atomic E-state index is -4.88. The quantitative estimate of drug-likeness (QED) is 0.387. The molecule has 0 spiro atoms. The predicted octanol–water partition coefficient (Wildman–Crippen LogP) is 7.06. The summed E-state index contributed by atoms with van der Waals surface area (Å²) in [6, 6.07) is 8.97. The van der Waals surface area contributed by atoms with Crippen LogP contribution < -0.4 is 4.72 Å². The third-order valence-corrected chi connectivity index (χ3v) is 6.14. The number of alkyl halides is 3. The number of anilines is 1. The summed E-state index contributed by atoms with van der Waals surface area (Å²) in [5, 5.41) is 2.60. The van der Waals surface area contributed by atoms with E-state index in [0.29, 0.717) is 34.2 Å². The van der Waals surface area contributed by atoms with E-state index >= 15 is 0 Å². The molecule has 0 bridgehead atoms. The second-order valence-corrected chi connectivity index (χ2v) is 9.42. The van der Waals surface area contributed by atoms with Crippen molar-refractivity contribution in [3.05, 3.63) is 58.2 Å². The molecule has 0 radical (unpaired) electrons. The fourth-order valence-corrected chi connectivity index (χ4v) is 4.34. The summed E-state index contributed by atoms with van der Waals surface area (Å²) in [5.41, 5.74) is -2.45. The molecule has 1 unspecified atom stereocenters. The molecule has 3 aromatic rings. The summed E-state index contributed by atoms with van der Waals surface area (Å²) in [6.07, 6.45) is 0.609. The van der Waals surface area contributed by atoms with Crippen molar-refractivity contribution in [1.82, 2.24) is 4.98 Å². The molecular formula is C20H17ClF4N2OS2. The van der Waals surface area contributed by atoms with Gasteiger partial charge < -0.3 is 0 Å². The van der Waals surface area contributed by atoms with Gasteiger partial charge in [-0.15, -0.1) is 11.3 Å². The molecule has 1 N–H and O–H groups in total. The van der Waals surface area contributed by atoms with Crippen LogP contribution in [0.2, 0.25) is 5.02 Å². The molecule has 10 heteroatoms. The molecule has 1 atom stereocenters. The normalized spacial score (nSPS) is 12.9. The SMILES string of the molecule is CC(C)Cc1cc(-c2nc(-c3ccc(NS(=O)C(F)(F)F)cc3Cl)cs2)ccc1F. The van der Waals surface area contributed by atoms with Crippen LogP contribution in [0.25, 0.3) is 21.8 Å². The molecule has 0 aliphatic carbocycles. The van der Waals surface area contributed by atoms with E-state index in [1.54, 1.807) is 17.5 Å². The lowest BCUT2D eigenvalue weighted by Crippen LogP contribution is -2.22. The maximum atomic E-state index is 14.0. The van der Waals surface area contributed by atoms with E-state index in [2.05, 4.69) is 4.98 Å². The van der Waals surface area contributed by atoms with Gasteiger partial charge >= 0.3 is 5.51 Å². The number of aromatic nitrogens is 1. The molecular weight excluding hydrogens is 460 g/mol. The molecule has 0 saturated heterocycles. The summed E-state index contributed by atoms with van der Waals surface area (Å²) in [4.78, 5) is 4.54. The molecule has 1 aromatic heterocycles. The van der Waals surface area contributed by atoms with E-state index in [0.717, 1.165) is 5.56 Å². The highest BCUT2D eigenvalue weighted by molar-refractivity contribution is 7.87. The Morgan fingerprint density at radius 3 is 2.57 bits per heavy atom. The van der Waals surface area contributed by atoms with Crippen LogP contribution in [0.15, 0.2) is 41.8 Å². The number of nitrogens with one attached hydrogen (secondary N) is 1. The fraction of sp³-hybridized carbons (Fsp3) is 0.250. The van der Waals surface area contributed by atoms with Crippen molar-refractivity contribution in [2.45, 2.75) is 25.8 Å². The fourth-order valence-electron chi connectivity index (χ4n) is 2.79. The summed E-state index contributed by atoms with van der Waals surface area (Å²) >= 11 is 7.57. The summed E-state index contributed by atoms with van der Waals surface area (Å²) < 4.78 is 64.4. The van der Waals surface area contributed by atoms with Crippen molar-refractivity contribution >= 4 is 39.6 Å². The number of benzene rings is 2. The van der Waals surface area contributed by atoms with Gasteiger partial charge in [0.25, 0.3) is 0 Å². The van der Waals surface area contributed by atoms with Gasteiger partial charge in [0, 0.05) is 22.2 Å². The Hall–Kier alpha value is -1.97. The third-order valence-electron chi connectivity index (χ3n) is 4.09. The van der Waals surface area contributed by atoms with E-state index < -0.39 is 16.5 Å². The van der Waals surface area contributed by atoms with E-state index in [4.69, 9.17) is 11.6 Å². The van der Waals surface area contributed by atoms with Crippen LogP contribution in [0.5, 0.6) is 0 Å². The van der Waals surface area contributed by atoms with Gasteiger partial charge in [-0.3, -0.25) is 4.72 Å². The van der Waals surface area contributed by atoms with E-state index in [-0.39, 0.29) is 16.5 Å². The molecule has 0 fully saturated rings. The zero-order chi connectivity index (χ0) is 22.1. The minimum absolute atomic E-state index is 0.0216. The number of thiazole rings is 1. The Kier molecular flexibility index (Phi) is 6.84. The lowest BCUT2D eigenvalue weighted by molar-refractivity contribution is -0.0379. The topological polar surface area (TPSA) is 42.0 Å². The van der Waals surface area contributed by atoms with E-state index in [1.807, 2.05) is 18.6 Å². The standard InChI is InChI=1S/C20H17ClF4N2OS2/c1-11(2)7-13-8-12(3-6-17(13)22)19-26-18(10-29-19)15-5-4-14(9-16(15)21)27-30(28)20(23,24)25/h3-6,8-11,27H,7H2,1-2H3. The number of hydrogen-bond acceptors (Lipinski definition) is 3. The van der Waals surface area contributed by atoms with Gasteiger partial charge in [0.05, 0.1) is 10.7 Å². The van der Waals surface area contributed by atoms with E-state index in [1.165, 1.54) is 35.6 Å². The Morgan fingerprint density at radius 2 is 1.93 bits per heavy atom. The number of hydrogen-bond donors (Lipinski definition) is 1. The zero-order valence-corrected chi connectivity index (χ0v) is 18.3. The molecule has 30 heavy (non-hydrogen) atoms. The third kappa shape index (κ3) is 5.39. The van der Waals surface area contributed by atoms with Gasteiger partial charge in [-0.1, -0.05) is 25.4 Å². The number of rotatable bonds is 6. The summed E-state index contributed by atoms with van der Waals surface area (Å²) in [6.45, 7) is 4.02. The Bertz CT molecular complexity index is 1080. The van der Waals surface area contributed by atoms with E-state index in [9.17, 15) is 21.8 Å². The molecule has 1 heterocycles. The smallest absolute Gasteiger partial charge is 0.298 e. The van der Waals surface area contributed by atoms with Crippen molar-refractivity contribution in [2.75, 3.05) is 4.72 Å². The van der Waals surface area contributed by atoms with Crippen LogP contribution in [0, 0.1) is 11.7 Å². The monoisotopic (exact) mass is 476 g/mol. The second kappa shape index (κ2) is 9.03. The number of halogens is 5. The van der Waals surface area contributed by atoms with Crippen molar-refractivity contribution in [3.8, 4) is 21.8 Å². The van der Waals surface area contributed by atoms with Crippen molar-refractivity contribution in [1.29, 1.82) is 0 Å². The minimum Gasteiger partial charge on any atom is -0.298 e. The molecule has 0 amide bonds. The highest BCUT2D eigenvalue weighted by atomic mass is 35.5. The second-order valence-electron chi connectivity index (χ2n) is 6.95. The predicted molar refractivity (Wildman–Crippen MR) is 114 cm³/mol. The molecule has 0 saturated carbocycles. The van der Waals surface area contributed by atoms with Crippen LogP contribution in [0.1, 0.15) is 19.4 Å². The van der Waals surface area contributed by atoms with Crippen LogP contribution in [-0.2, 0) is 17.4 Å².